The highest BCUT2D eigenvalue weighted by atomic mass is 35.5. The molecule has 0 fully saturated rings. The van der Waals surface area contributed by atoms with Crippen molar-refractivity contribution in [3.63, 3.8) is 0 Å². The number of carbonyl (C=O) groups is 2. The average Bonchev–Trinajstić information content (AvgIpc) is 3.03. The molecule has 0 radical (unpaired) electrons. The molecule has 0 saturated heterocycles. The summed E-state index contributed by atoms with van der Waals surface area (Å²) in [7, 11) is 0. The first kappa shape index (κ1) is 22.3. The van der Waals surface area contributed by atoms with Crippen LogP contribution in [0.5, 0.6) is 0 Å². The molecule has 31 heavy (non-hydrogen) atoms. The molecule has 0 spiro atoms. The van der Waals surface area contributed by atoms with E-state index in [2.05, 4.69) is 5.32 Å². The maximum atomic E-state index is 12.7. The molecule has 2 amide bonds. The van der Waals surface area contributed by atoms with Crippen molar-refractivity contribution in [1.82, 2.24) is 9.47 Å². The van der Waals surface area contributed by atoms with Gasteiger partial charge in [0, 0.05) is 12.6 Å². The Kier molecular flexibility index (Phi) is 6.62. The van der Waals surface area contributed by atoms with Gasteiger partial charge in [-0.2, -0.15) is 0 Å². The van der Waals surface area contributed by atoms with Gasteiger partial charge in [0.15, 0.2) is 5.58 Å². The average molecular weight is 467 g/mol. The predicted octanol–water partition coefficient (Wildman–Crippen LogP) is 3.30. The van der Waals surface area contributed by atoms with Crippen molar-refractivity contribution < 1.29 is 18.9 Å². The van der Waals surface area contributed by atoms with Crippen molar-refractivity contribution in [2.75, 3.05) is 18.4 Å². The molecule has 12 heteroatoms. The Morgan fingerprint density at radius 1 is 1.23 bits per heavy atom. The van der Waals surface area contributed by atoms with Gasteiger partial charge in [-0.25, -0.2) is 4.79 Å². The summed E-state index contributed by atoms with van der Waals surface area (Å²) >= 11 is 12.1. The number of likely N-dealkylation sites (N-methyl/N-ethyl adjacent to an activating group) is 1. The molecule has 2 aromatic carbocycles. The Morgan fingerprint density at radius 3 is 2.52 bits per heavy atom. The number of nitro groups is 1. The van der Waals surface area contributed by atoms with Crippen LogP contribution in [0.3, 0.4) is 0 Å². The highest BCUT2D eigenvalue weighted by Gasteiger charge is 2.21. The number of para-hydroxylation sites is 1. The van der Waals surface area contributed by atoms with Gasteiger partial charge in [0.1, 0.15) is 6.54 Å². The summed E-state index contributed by atoms with van der Waals surface area (Å²) in [6.45, 7) is 1.16. The molecule has 162 valence electrons. The quantitative estimate of drug-likeness (QED) is 0.420. The molecular weight excluding hydrogens is 451 g/mol. The van der Waals surface area contributed by atoms with E-state index in [1.165, 1.54) is 17.0 Å². The number of nitrogens with zero attached hydrogens (tertiary/aromatic N) is 3. The molecule has 0 saturated carbocycles. The molecule has 1 aromatic heterocycles. The first-order valence-electron chi connectivity index (χ1n) is 9.00. The number of hydrogen-bond donors (Lipinski definition) is 1. The SMILES string of the molecule is CCN(CC(=O)Nc1c(Cl)cccc1Cl)C(=O)Cn1c(=O)oc2cc([N+](=O)[O-])ccc21. The van der Waals surface area contributed by atoms with Crippen molar-refractivity contribution in [1.29, 1.82) is 0 Å². The van der Waals surface area contributed by atoms with Crippen LogP contribution >= 0.6 is 23.2 Å². The number of amides is 2. The molecule has 0 aliphatic carbocycles. The van der Waals surface area contributed by atoms with Gasteiger partial charge in [-0.3, -0.25) is 24.3 Å². The number of non-ortho nitro benzene ring substituents is 1. The fraction of sp³-hybridized carbons (Fsp3) is 0.211. The van der Waals surface area contributed by atoms with E-state index in [0.29, 0.717) is 0 Å². The summed E-state index contributed by atoms with van der Waals surface area (Å²) < 4.78 is 6.06. The monoisotopic (exact) mass is 466 g/mol. The minimum Gasteiger partial charge on any atom is -0.407 e. The number of hydrogen-bond acceptors (Lipinski definition) is 6. The number of aromatic nitrogens is 1. The van der Waals surface area contributed by atoms with E-state index in [-0.39, 0.29) is 45.6 Å². The van der Waals surface area contributed by atoms with Crippen molar-refractivity contribution in [3.05, 3.63) is 67.1 Å². The third-order valence-corrected chi connectivity index (χ3v) is 5.08. The second kappa shape index (κ2) is 9.19. The van der Waals surface area contributed by atoms with Crippen molar-refractivity contribution in [2.24, 2.45) is 0 Å². The Bertz CT molecular complexity index is 1220. The third kappa shape index (κ3) is 4.86. The van der Waals surface area contributed by atoms with E-state index in [4.69, 9.17) is 27.6 Å². The highest BCUT2D eigenvalue weighted by Crippen LogP contribution is 2.29. The zero-order valence-corrected chi connectivity index (χ0v) is 17.6. The normalized spacial score (nSPS) is 10.8. The highest BCUT2D eigenvalue weighted by molar-refractivity contribution is 6.39. The Morgan fingerprint density at radius 2 is 1.90 bits per heavy atom. The lowest BCUT2D eigenvalue weighted by atomic mass is 10.3. The standard InChI is InChI=1S/C19H16Cl2N4O6/c1-2-23(9-16(26)22-18-12(20)4-3-5-13(18)21)17(27)10-24-14-7-6-11(25(29)30)8-15(14)31-19(24)28/h3-8H,2,9-10H2,1H3,(H,22,26). The van der Waals surface area contributed by atoms with Crippen LogP contribution in [-0.4, -0.2) is 39.3 Å². The number of anilines is 1. The van der Waals surface area contributed by atoms with E-state index in [1.54, 1.807) is 25.1 Å². The zero-order valence-electron chi connectivity index (χ0n) is 16.1. The maximum Gasteiger partial charge on any atom is 0.420 e. The summed E-state index contributed by atoms with van der Waals surface area (Å²) in [6, 6.07) is 8.39. The molecular formula is C19H16Cl2N4O6. The predicted molar refractivity (Wildman–Crippen MR) is 114 cm³/mol. The molecule has 0 unspecified atom stereocenters. The zero-order chi connectivity index (χ0) is 22.7. The van der Waals surface area contributed by atoms with E-state index >= 15 is 0 Å². The smallest absolute Gasteiger partial charge is 0.407 e. The molecule has 3 rings (SSSR count). The molecule has 0 aliphatic heterocycles. The van der Waals surface area contributed by atoms with Crippen LogP contribution in [0.2, 0.25) is 10.0 Å². The van der Waals surface area contributed by atoms with Gasteiger partial charge in [-0.05, 0) is 25.1 Å². The van der Waals surface area contributed by atoms with Crippen LogP contribution in [0, 0.1) is 10.1 Å². The summed E-state index contributed by atoms with van der Waals surface area (Å²) in [5.41, 5.74) is 0.205. The minimum absolute atomic E-state index is 0.0128. The largest absolute Gasteiger partial charge is 0.420 e. The first-order valence-corrected chi connectivity index (χ1v) is 9.76. The van der Waals surface area contributed by atoms with Gasteiger partial charge >= 0.3 is 5.76 Å². The number of rotatable bonds is 7. The van der Waals surface area contributed by atoms with Gasteiger partial charge in [0.25, 0.3) is 5.69 Å². The molecule has 3 aromatic rings. The molecule has 1 N–H and O–H groups in total. The number of benzene rings is 2. The Labute approximate surface area is 185 Å². The number of halogens is 2. The number of carbonyl (C=O) groups excluding carboxylic acids is 2. The van der Waals surface area contributed by atoms with E-state index in [1.807, 2.05) is 0 Å². The molecule has 0 bridgehead atoms. The summed E-state index contributed by atoms with van der Waals surface area (Å²) in [5.74, 6) is -1.89. The van der Waals surface area contributed by atoms with E-state index < -0.39 is 29.0 Å². The fourth-order valence-electron chi connectivity index (χ4n) is 2.90. The second-order valence-electron chi connectivity index (χ2n) is 6.42. The van der Waals surface area contributed by atoms with E-state index in [0.717, 1.165) is 10.6 Å². The lowest BCUT2D eigenvalue weighted by Gasteiger charge is -2.21. The topological polar surface area (TPSA) is 128 Å². The molecule has 0 aliphatic rings. The van der Waals surface area contributed by atoms with E-state index in [9.17, 15) is 24.5 Å². The molecule has 10 nitrogen and oxygen atoms in total. The Balaban J connectivity index is 1.75. The summed E-state index contributed by atoms with van der Waals surface area (Å²) in [6.07, 6.45) is 0. The number of nitro benzene ring substituents is 1. The maximum absolute atomic E-state index is 12.7. The van der Waals surface area contributed by atoms with Crippen LogP contribution in [0.1, 0.15) is 6.92 Å². The van der Waals surface area contributed by atoms with Crippen LogP contribution in [0.25, 0.3) is 11.1 Å². The number of nitrogens with one attached hydrogen (secondary N) is 1. The van der Waals surface area contributed by atoms with Gasteiger partial charge in [-0.15, -0.1) is 0 Å². The Hall–Kier alpha value is -3.37. The van der Waals surface area contributed by atoms with Crippen molar-refractivity contribution in [3.8, 4) is 0 Å². The van der Waals surface area contributed by atoms with Crippen LogP contribution in [0.15, 0.2) is 45.6 Å². The van der Waals surface area contributed by atoms with Gasteiger partial charge in [0.2, 0.25) is 11.8 Å². The van der Waals surface area contributed by atoms with Gasteiger partial charge in [0.05, 0.1) is 38.8 Å². The summed E-state index contributed by atoms with van der Waals surface area (Å²) in [4.78, 5) is 48.8. The van der Waals surface area contributed by atoms with Crippen LogP contribution < -0.4 is 11.1 Å². The van der Waals surface area contributed by atoms with Crippen LogP contribution in [0.4, 0.5) is 11.4 Å². The minimum atomic E-state index is -0.841. The first-order chi connectivity index (χ1) is 14.7. The molecule has 0 atom stereocenters. The number of fused-ring (bicyclic) bond motifs is 1. The van der Waals surface area contributed by atoms with Crippen LogP contribution in [-0.2, 0) is 16.1 Å². The summed E-state index contributed by atoms with van der Waals surface area (Å²) in [5, 5.41) is 14.0. The third-order valence-electron chi connectivity index (χ3n) is 4.45. The molecule has 1 heterocycles. The lowest BCUT2D eigenvalue weighted by Crippen LogP contribution is -2.40. The van der Waals surface area contributed by atoms with Crippen molar-refractivity contribution >= 4 is 57.5 Å². The second-order valence-corrected chi connectivity index (χ2v) is 7.23. The van der Waals surface area contributed by atoms with Gasteiger partial charge in [-0.1, -0.05) is 29.3 Å². The number of oxazole rings is 1. The van der Waals surface area contributed by atoms with Crippen molar-refractivity contribution in [2.45, 2.75) is 13.5 Å². The van der Waals surface area contributed by atoms with Gasteiger partial charge < -0.3 is 14.6 Å². The lowest BCUT2D eigenvalue weighted by molar-refractivity contribution is -0.384. The fourth-order valence-corrected chi connectivity index (χ4v) is 3.39.